The van der Waals surface area contributed by atoms with Gasteiger partial charge in [-0.3, -0.25) is 19.8 Å². The number of benzene rings is 2. The summed E-state index contributed by atoms with van der Waals surface area (Å²) in [5.41, 5.74) is 1.80. The van der Waals surface area contributed by atoms with Crippen LogP contribution in [0.1, 0.15) is 11.1 Å². The summed E-state index contributed by atoms with van der Waals surface area (Å²) in [7, 11) is 3.36. The van der Waals surface area contributed by atoms with Crippen LogP contribution >= 0.6 is 28.1 Å². The molecule has 0 radical (unpaired) electrons. The van der Waals surface area contributed by atoms with Crippen molar-refractivity contribution in [3.05, 3.63) is 73.9 Å². The van der Waals surface area contributed by atoms with Gasteiger partial charge in [-0.05, 0) is 42.1 Å². The molecule has 0 N–H and O–H groups in total. The van der Waals surface area contributed by atoms with Crippen LogP contribution in [0.4, 0.5) is 5.69 Å². The molecule has 0 aromatic heterocycles. The highest BCUT2D eigenvalue weighted by atomic mass is 79.9. The summed E-state index contributed by atoms with van der Waals surface area (Å²) in [6.07, 6.45) is 1.71. The van der Waals surface area contributed by atoms with Gasteiger partial charge in [-0.15, -0.1) is 0 Å². The lowest BCUT2D eigenvalue weighted by Gasteiger charge is -2.13. The van der Waals surface area contributed by atoms with Crippen LogP contribution < -0.4 is 4.74 Å². The van der Waals surface area contributed by atoms with Gasteiger partial charge < -0.3 is 9.64 Å². The zero-order valence-corrected chi connectivity index (χ0v) is 17.5. The lowest BCUT2D eigenvalue weighted by atomic mass is 10.1. The number of amides is 1. The molecule has 2 aromatic carbocycles. The highest BCUT2D eigenvalue weighted by molar-refractivity contribution is 9.10. The average Bonchev–Trinajstić information content (AvgIpc) is 2.85. The molecule has 0 saturated carbocycles. The predicted octanol–water partition coefficient (Wildman–Crippen LogP) is 3.97. The van der Waals surface area contributed by atoms with Crippen LogP contribution in [0.15, 0.2) is 52.6 Å². The number of carbonyl (C=O) groups is 1. The van der Waals surface area contributed by atoms with Crippen LogP contribution in [0.5, 0.6) is 5.75 Å². The molecule has 9 heteroatoms. The number of nitrogens with zero attached hydrogens (tertiary/aromatic N) is 3. The smallest absolute Gasteiger partial charge is 0.276 e. The van der Waals surface area contributed by atoms with Crippen LogP contribution in [-0.4, -0.2) is 39.8 Å². The van der Waals surface area contributed by atoms with E-state index in [1.807, 2.05) is 12.1 Å². The summed E-state index contributed by atoms with van der Waals surface area (Å²) in [6, 6.07) is 11.7. The van der Waals surface area contributed by atoms with Crippen LogP contribution in [0.2, 0.25) is 0 Å². The van der Waals surface area contributed by atoms with E-state index in [1.54, 1.807) is 43.3 Å². The quantitative estimate of drug-likeness (QED) is 0.290. The molecule has 7 nitrogen and oxygen atoms in total. The molecule has 1 aliphatic rings. The molecule has 1 fully saturated rings. The molecule has 0 atom stereocenters. The number of nitro groups is 1. The van der Waals surface area contributed by atoms with E-state index in [0.717, 1.165) is 4.47 Å². The van der Waals surface area contributed by atoms with Gasteiger partial charge >= 0.3 is 0 Å². The van der Waals surface area contributed by atoms with Gasteiger partial charge in [0.2, 0.25) is 0 Å². The van der Waals surface area contributed by atoms with Crippen molar-refractivity contribution in [2.75, 3.05) is 14.1 Å². The van der Waals surface area contributed by atoms with Crippen LogP contribution in [0.3, 0.4) is 0 Å². The van der Waals surface area contributed by atoms with Gasteiger partial charge in [0.1, 0.15) is 18.1 Å². The number of ether oxygens (including phenoxy) is 1. The molecule has 0 spiro atoms. The number of non-ortho nitro benzene ring substituents is 1. The standard InChI is InChI=1S/C19H16BrN3O4S/c1-21-16(18(24)22(2)19(21)28)10-13-9-14(20)6-7-17(13)27-11-12-4-3-5-15(8-12)23(25)26/h3-10H,11H2,1-2H3. The van der Waals surface area contributed by atoms with Crippen molar-refractivity contribution in [3.8, 4) is 5.75 Å². The normalized spacial score (nSPS) is 15.5. The third kappa shape index (κ3) is 4.05. The Morgan fingerprint density at radius 1 is 1.21 bits per heavy atom. The number of likely N-dealkylation sites (N-methyl/N-ethyl adjacent to an activating group) is 2. The second-order valence-corrected chi connectivity index (χ2v) is 7.41. The molecule has 2 aromatic rings. The van der Waals surface area contributed by atoms with Crippen molar-refractivity contribution in [2.45, 2.75) is 6.61 Å². The Morgan fingerprint density at radius 2 is 1.96 bits per heavy atom. The van der Waals surface area contributed by atoms with Gasteiger partial charge in [0, 0.05) is 36.3 Å². The second kappa shape index (κ2) is 8.07. The van der Waals surface area contributed by atoms with Crippen molar-refractivity contribution < 1.29 is 14.5 Å². The average molecular weight is 462 g/mol. The fourth-order valence-corrected chi connectivity index (χ4v) is 3.28. The van der Waals surface area contributed by atoms with Crippen LogP contribution in [-0.2, 0) is 11.4 Å². The molecule has 1 amide bonds. The molecule has 0 aliphatic carbocycles. The van der Waals surface area contributed by atoms with Crippen LogP contribution in [0, 0.1) is 10.1 Å². The van der Waals surface area contributed by atoms with E-state index in [4.69, 9.17) is 17.0 Å². The minimum atomic E-state index is -0.445. The summed E-state index contributed by atoms with van der Waals surface area (Å²) in [5.74, 6) is 0.348. The highest BCUT2D eigenvalue weighted by Crippen LogP contribution is 2.29. The van der Waals surface area contributed by atoms with E-state index in [0.29, 0.717) is 27.7 Å². The molecule has 1 heterocycles. The first-order chi connectivity index (χ1) is 13.3. The SMILES string of the molecule is CN1C(=O)C(=Cc2cc(Br)ccc2OCc2cccc([N+](=O)[O-])c2)N(C)C1=S. The van der Waals surface area contributed by atoms with Gasteiger partial charge in [0.05, 0.1) is 4.92 Å². The first-order valence-electron chi connectivity index (χ1n) is 8.21. The largest absolute Gasteiger partial charge is 0.488 e. The number of hydrogen-bond donors (Lipinski definition) is 0. The molecular formula is C19H16BrN3O4S. The van der Waals surface area contributed by atoms with Gasteiger partial charge in [0.15, 0.2) is 5.11 Å². The maximum Gasteiger partial charge on any atom is 0.276 e. The summed E-state index contributed by atoms with van der Waals surface area (Å²) < 4.78 is 6.71. The van der Waals surface area contributed by atoms with E-state index < -0.39 is 4.92 Å². The second-order valence-electron chi connectivity index (χ2n) is 6.13. The van der Waals surface area contributed by atoms with Crippen molar-refractivity contribution >= 4 is 50.9 Å². The predicted molar refractivity (Wildman–Crippen MR) is 113 cm³/mol. The molecule has 0 unspecified atom stereocenters. The molecule has 1 aliphatic heterocycles. The van der Waals surface area contributed by atoms with E-state index in [2.05, 4.69) is 15.9 Å². The van der Waals surface area contributed by atoms with Gasteiger partial charge in [-0.2, -0.15) is 0 Å². The van der Waals surface area contributed by atoms with E-state index in [9.17, 15) is 14.9 Å². The summed E-state index contributed by atoms with van der Waals surface area (Å²) in [5, 5.41) is 11.3. The third-order valence-electron chi connectivity index (χ3n) is 4.24. The molecule has 28 heavy (non-hydrogen) atoms. The number of thiocarbonyl (C=S) groups is 1. The lowest BCUT2D eigenvalue weighted by Crippen LogP contribution is -2.26. The zero-order chi connectivity index (χ0) is 20.4. The number of hydrogen-bond acceptors (Lipinski definition) is 5. The Balaban J connectivity index is 1.89. The Hall–Kier alpha value is -2.78. The topological polar surface area (TPSA) is 75.9 Å². The van der Waals surface area contributed by atoms with E-state index in [1.165, 1.54) is 17.0 Å². The minimum Gasteiger partial charge on any atom is -0.488 e. The summed E-state index contributed by atoms with van der Waals surface area (Å²) >= 11 is 8.66. The van der Waals surface area contributed by atoms with Crippen LogP contribution in [0.25, 0.3) is 6.08 Å². The number of nitro benzene ring substituents is 1. The van der Waals surface area contributed by atoms with Crippen molar-refractivity contribution in [3.63, 3.8) is 0 Å². The Labute approximate surface area is 175 Å². The van der Waals surface area contributed by atoms with E-state index in [-0.39, 0.29) is 18.2 Å². The van der Waals surface area contributed by atoms with Gasteiger partial charge in [-0.1, -0.05) is 28.1 Å². The number of halogens is 1. The Kier molecular flexibility index (Phi) is 5.76. The summed E-state index contributed by atoms with van der Waals surface area (Å²) in [6.45, 7) is 0.154. The molecule has 3 rings (SSSR count). The monoisotopic (exact) mass is 461 g/mol. The fourth-order valence-electron chi connectivity index (χ4n) is 2.72. The van der Waals surface area contributed by atoms with Gasteiger partial charge in [0.25, 0.3) is 11.6 Å². The Morgan fingerprint density at radius 3 is 2.61 bits per heavy atom. The van der Waals surface area contributed by atoms with E-state index >= 15 is 0 Å². The maximum absolute atomic E-state index is 12.4. The van der Waals surface area contributed by atoms with Gasteiger partial charge in [-0.25, -0.2) is 0 Å². The molecule has 0 bridgehead atoms. The third-order valence-corrected chi connectivity index (χ3v) is 5.28. The zero-order valence-electron chi connectivity index (χ0n) is 15.1. The van der Waals surface area contributed by atoms with Crippen molar-refractivity contribution in [2.24, 2.45) is 0 Å². The minimum absolute atomic E-state index is 0.00831. The first kappa shape index (κ1) is 20.0. The lowest BCUT2D eigenvalue weighted by molar-refractivity contribution is -0.384. The number of rotatable bonds is 5. The molecular weight excluding hydrogens is 446 g/mol. The van der Waals surface area contributed by atoms with Crippen molar-refractivity contribution in [1.29, 1.82) is 0 Å². The number of carbonyl (C=O) groups excluding carboxylic acids is 1. The maximum atomic E-state index is 12.4. The highest BCUT2D eigenvalue weighted by Gasteiger charge is 2.32. The molecule has 1 saturated heterocycles. The molecule has 144 valence electrons. The van der Waals surface area contributed by atoms with Crippen molar-refractivity contribution in [1.82, 2.24) is 9.80 Å². The fraction of sp³-hybridized carbons (Fsp3) is 0.158. The summed E-state index contributed by atoms with van der Waals surface area (Å²) in [4.78, 5) is 25.9. The Bertz CT molecular complexity index is 1010. The first-order valence-corrected chi connectivity index (χ1v) is 9.41.